The molecular formula is C40H48Cl2F4N4O7. The SMILES string of the molecule is CC(=O)N[C@@H](Cc1cc(F)cc(F)c1)[C@H](O)CN[C@H]1CCOc2ccc(O)cc21.Cl.Cl.N[C@@H](Cc1cc(F)cc(F)c1)[C@H](O)CN[C@H]1CCOc2ccc(O)cc21. The summed E-state index contributed by atoms with van der Waals surface area (Å²) in [5.41, 5.74) is 8.32. The van der Waals surface area contributed by atoms with Crippen molar-refractivity contribution in [1.29, 1.82) is 0 Å². The number of aromatic hydroxyl groups is 2. The highest BCUT2D eigenvalue weighted by Crippen LogP contribution is 2.35. The highest BCUT2D eigenvalue weighted by Gasteiger charge is 2.27. The van der Waals surface area contributed by atoms with Crippen molar-refractivity contribution in [1.82, 2.24) is 16.0 Å². The third-order valence-electron chi connectivity index (χ3n) is 9.33. The zero-order valence-electron chi connectivity index (χ0n) is 31.0. The van der Waals surface area contributed by atoms with E-state index < -0.39 is 47.6 Å². The Balaban J connectivity index is 0.000000297. The summed E-state index contributed by atoms with van der Waals surface area (Å²) in [7, 11) is 0. The van der Waals surface area contributed by atoms with Crippen LogP contribution >= 0.6 is 24.8 Å². The molecule has 2 aliphatic rings. The largest absolute Gasteiger partial charge is 0.508 e. The van der Waals surface area contributed by atoms with Crippen molar-refractivity contribution in [2.75, 3.05) is 26.3 Å². The number of amides is 1. The standard InChI is InChI=1S/C21H24F2N2O4.C19H22F2N2O3.2ClH/c1-12(26)25-19(8-13-6-14(22)9-15(23)7-13)20(28)11-24-18-4-5-29-21-3-2-16(27)10-17(18)21;20-12-5-11(6-13(21)8-12)7-16(22)18(25)10-23-17-3-4-26-19-2-1-14(24)9-15(17)19;;/h2-3,6-7,9-10,18-20,24,27-28H,4-5,8,11H2,1H3,(H,25,26);1-2,5-6,8-9,16-18,23-25H,3-4,7,10,22H2;2*1H/t18-,19-,20+;16-,17-,18+;;/m00../s1. The van der Waals surface area contributed by atoms with Crippen LogP contribution in [0, 0.1) is 23.3 Å². The van der Waals surface area contributed by atoms with E-state index in [0.29, 0.717) is 48.7 Å². The maximum atomic E-state index is 13.5. The predicted molar refractivity (Wildman–Crippen MR) is 210 cm³/mol. The fourth-order valence-electron chi connectivity index (χ4n) is 6.67. The number of nitrogens with one attached hydrogen (secondary N) is 3. The number of ether oxygens (including phenoxy) is 2. The van der Waals surface area contributed by atoms with Gasteiger partial charge in [-0.25, -0.2) is 17.6 Å². The van der Waals surface area contributed by atoms with Crippen molar-refractivity contribution >= 4 is 30.7 Å². The number of carbonyl (C=O) groups is 1. The van der Waals surface area contributed by atoms with Crippen molar-refractivity contribution in [3.63, 3.8) is 0 Å². The summed E-state index contributed by atoms with van der Waals surface area (Å²) in [5.74, 6) is -1.50. The van der Waals surface area contributed by atoms with Crippen LogP contribution in [0.5, 0.6) is 23.0 Å². The van der Waals surface area contributed by atoms with Gasteiger partial charge in [0, 0.05) is 74.2 Å². The maximum absolute atomic E-state index is 13.5. The Morgan fingerprint density at radius 1 is 0.702 bits per heavy atom. The maximum Gasteiger partial charge on any atom is 0.217 e. The predicted octanol–water partition coefficient (Wildman–Crippen LogP) is 5.05. The van der Waals surface area contributed by atoms with E-state index in [9.17, 15) is 42.8 Å². The first-order valence-electron chi connectivity index (χ1n) is 17.9. The second kappa shape index (κ2) is 22.0. The molecule has 0 fully saturated rings. The molecule has 11 nitrogen and oxygen atoms in total. The number of aliphatic hydroxyl groups is 2. The first-order valence-corrected chi connectivity index (χ1v) is 17.9. The second-order valence-corrected chi connectivity index (χ2v) is 13.7. The Morgan fingerprint density at radius 2 is 1.12 bits per heavy atom. The molecule has 0 radical (unpaired) electrons. The summed E-state index contributed by atoms with van der Waals surface area (Å²) < 4.78 is 64.6. The molecule has 0 bridgehead atoms. The minimum absolute atomic E-state index is 0. The first kappa shape index (κ1) is 47.0. The van der Waals surface area contributed by atoms with Gasteiger partial charge >= 0.3 is 0 Å². The van der Waals surface area contributed by atoms with Crippen LogP contribution in [-0.4, -0.2) is 76.9 Å². The lowest BCUT2D eigenvalue weighted by molar-refractivity contribution is -0.120. The fraction of sp³-hybridized carbons (Fsp3) is 0.375. The molecule has 4 aromatic rings. The first-order chi connectivity index (χ1) is 26.2. The average Bonchev–Trinajstić information content (AvgIpc) is 3.11. The molecule has 4 aromatic carbocycles. The Labute approximate surface area is 340 Å². The minimum atomic E-state index is -1.01. The zero-order valence-corrected chi connectivity index (χ0v) is 32.6. The van der Waals surface area contributed by atoms with E-state index in [4.69, 9.17) is 15.2 Å². The van der Waals surface area contributed by atoms with E-state index in [-0.39, 0.29) is 80.2 Å². The van der Waals surface area contributed by atoms with E-state index in [2.05, 4.69) is 16.0 Å². The van der Waals surface area contributed by atoms with Crippen molar-refractivity contribution in [3.8, 4) is 23.0 Å². The van der Waals surface area contributed by atoms with Gasteiger partial charge in [0.25, 0.3) is 0 Å². The number of nitrogens with two attached hydrogens (primary N) is 1. The van der Waals surface area contributed by atoms with Gasteiger partial charge in [-0.3, -0.25) is 4.79 Å². The number of benzene rings is 4. The lowest BCUT2D eigenvalue weighted by Gasteiger charge is -2.30. The number of carbonyl (C=O) groups excluding carboxylic acids is 1. The molecule has 2 heterocycles. The number of halogens is 6. The number of hydrogen-bond acceptors (Lipinski definition) is 10. The second-order valence-electron chi connectivity index (χ2n) is 13.7. The Morgan fingerprint density at radius 3 is 1.56 bits per heavy atom. The van der Waals surface area contributed by atoms with Crippen molar-refractivity contribution in [3.05, 3.63) is 118 Å². The van der Waals surface area contributed by atoms with Gasteiger partial charge in [0.1, 0.15) is 46.3 Å². The van der Waals surface area contributed by atoms with Crippen LogP contribution in [0.25, 0.3) is 0 Å². The molecule has 0 aromatic heterocycles. The number of phenols is 2. The van der Waals surface area contributed by atoms with Crippen LogP contribution in [0.2, 0.25) is 0 Å². The molecule has 9 N–H and O–H groups in total. The molecule has 0 spiro atoms. The molecule has 6 atom stereocenters. The monoisotopic (exact) mass is 842 g/mol. The van der Waals surface area contributed by atoms with E-state index in [0.717, 1.165) is 23.3 Å². The van der Waals surface area contributed by atoms with Crippen LogP contribution in [0.3, 0.4) is 0 Å². The number of phenolic OH excluding ortho intramolecular Hbond substituents is 2. The van der Waals surface area contributed by atoms with Crippen LogP contribution in [0.4, 0.5) is 17.6 Å². The molecule has 6 rings (SSSR count). The third-order valence-corrected chi connectivity index (χ3v) is 9.33. The third kappa shape index (κ3) is 13.9. The molecule has 312 valence electrons. The van der Waals surface area contributed by atoms with Crippen LogP contribution in [0.1, 0.15) is 54.1 Å². The molecular weight excluding hydrogens is 795 g/mol. The number of rotatable bonds is 13. The molecule has 0 unspecified atom stereocenters. The van der Waals surface area contributed by atoms with Crippen LogP contribution in [-0.2, 0) is 17.6 Å². The molecule has 57 heavy (non-hydrogen) atoms. The molecule has 0 saturated heterocycles. The minimum Gasteiger partial charge on any atom is -0.508 e. The normalized spacial score (nSPS) is 17.5. The quantitative estimate of drug-likeness (QED) is 0.0851. The van der Waals surface area contributed by atoms with E-state index >= 15 is 0 Å². The molecule has 0 saturated carbocycles. The zero-order chi connectivity index (χ0) is 39.6. The van der Waals surface area contributed by atoms with Gasteiger partial charge in [0.15, 0.2) is 0 Å². The van der Waals surface area contributed by atoms with Gasteiger partial charge in [-0.2, -0.15) is 0 Å². The summed E-state index contributed by atoms with van der Waals surface area (Å²) in [4.78, 5) is 11.6. The van der Waals surface area contributed by atoms with Crippen LogP contribution in [0.15, 0.2) is 72.8 Å². The highest BCUT2D eigenvalue weighted by atomic mass is 35.5. The van der Waals surface area contributed by atoms with Gasteiger partial charge in [0.2, 0.25) is 5.91 Å². The summed E-state index contributed by atoms with van der Waals surface area (Å²) in [5, 5.41) is 49.4. The fourth-order valence-corrected chi connectivity index (χ4v) is 6.67. The van der Waals surface area contributed by atoms with Crippen molar-refractivity contribution in [2.24, 2.45) is 5.73 Å². The smallest absolute Gasteiger partial charge is 0.217 e. The van der Waals surface area contributed by atoms with Crippen molar-refractivity contribution < 1.29 is 52.3 Å². The average molecular weight is 844 g/mol. The number of hydrogen-bond donors (Lipinski definition) is 8. The van der Waals surface area contributed by atoms with Gasteiger partial charge in [-0.1, -0.05) is 0 Å². The van der Waals surface area contributed by atoms with Crippen molar-refractivity contribution in [2.45, 2.75) is 69.0 Å². The van der Waals surface area contributed by atoms with E-state index in [1.165, 1.54) is 31.2 Å². The summed E-state index contributed by atoms with van der Waals surface area (Å²) >= 11 is 0. The topological polar surface area (TPSA) is 179 Å². The lowest BCUT2D eigenvalue weighted by Crippen LogP contribution is -2.48. The van der Waals surface area contributed by atoms with E-state index in [1.807, 2.05) is 0 Å². The number of fused-ring (bicyclic) bond motifs is 2. The summed E-state index contributed by atoms with van der Waals surface area (Å²) in [6.45, 7) is 2.67. The van der Waals surface area contributed by atoms with E-state index in [1.54, 1.807) is 36.4 Å². The molecule has 17 heteroatoms. The van der Waals surface area contributed by atoms with Crippen LogP contribution < -0.4 is 31.2 Å². The Kier molecular flexibility index (Phi) is 18.1. The van der Waals surface area contributed by atoms with Gasteiger partial charge in [-0.15, -0.1) is 24.8 Å². The Bertz CT molecular complexity index is 1890. The lowest BCUT2D eigenvalue weighted by atomic mass is 9.98. The van der Waals surface area contributed by atoms with Gasteiger partial charge in [-0.05, 0) is 84.6 Å². The summed E-state index contributed by atoms with van der Waals surface area (Å²) in [6.07, 6.45) is -0.347. The molecule has 1 amide bonds. The summed E-state index contributed by atoms with van der Waals surface area (Å²) in [6, 6.07) is 14.4. The van der Waals surface area contributed by atoms with Gasteiger partial charge in [0.05, 0.1) is 31.5 Å². The Hall–Kier alpha value is -4.35. The highest BCUT2D eigenvalue weighted by molar-refractivity contribution is 5.85. The molecule has 2 aliphatic heterocycles. The molecule has 0 aliphatic carbocycles. The van der Waals surface area contributed by atoms with Gasteiger partial charge < -0.3 is 51.6 Å². The number of aliphatic hydroxyl groups excluding tert-OH is 2.